The molecule has 7 nitrogen and oxygen atoms in total. The maximum Gasteiger partial charge on any atom is 0.277 e. The van der Waals surface area contributed by atoms with Gasteiger partial charge in [0.05, 0.1) is 15.7 Å². The average molecular weight is 393 g/mol. The second-order valence-corrected chi connectivity index (χ2v) is 7.11. The summed E-state index contributed by atoms with van der Waals surface area (Å²) in [6.45, 7) is 2.22. The Morgan fingerprint density at radius 3 is 2.92 bits per heavy atom. The monoisotopic (exact) mass is 392 g/mol. The fraction of sp³-hybridized carbons (Fsp3) is 0.353. The summed E-state index contributed by atoms with van der Waals surface area (Å²) in [7, 11) is 1.88. The van der Waals surface area contributed by atoms with Crippen molar-refractivity contribution in [2.75, 3.05) is 18.1 Å². The van der Waals surface area contributed by atoms with E-state index in [4.69, 9.17) is 23.2 Å². The molecule has 2 aliphatic rings. The van der Waals surface area contributed by atoms with Gasteiger partial charge in [0.2, 0.25) is 0 Å². The topological polar surface area (TPSA) is 74.5 Å². The third kappa shape index (κ3) is 3.18. The van der Waals surface area contributed by atoms with Crippen LogP contribution in [0.15, 0.2) is 23.3 Å². The van der Waals surface area contributed by atoms with Gasteiger partial charge in [-0.3, -0.25) is 14.5 Å². The summed E-state index contributed by atoms with van der Waals surface area (Å²) >= 11 is 12.0. The van der Waals surface area contributed by atoms with E-state index in [9.17, 15) is 4.79 Å². The maximum absolute atomic E-state index is 12.7. The van der Waals surface area contributed by atoms with E-state index in [-0.39, 0.29) is 5.91 Å². The van der Waals surface area contributed by atoms with E-state index in [1.54, 1.807) is 21.8 Å². The van der Waals surface area contributed by atoms with E-state index in [2.05, 4.69) is 20.8 Å². The van der Waals surface area contributed by atoms with Crippen molar-refractivity contribution in [1.29, 1.82) is 0 Å². The van der Waals surface area contributed by atoms with E-state index in [1.165, 1.54) is 0 Å². The van der Waals surface area contributed by atoms with Crippen molar-refractivity contribution in [3.8, 4) is 0 Å². The van der Waals surface area contributed by atoms with Gasteiger partial charge in [0.15, 0.2) is 5.69 Å². The number of hydrogen-bond donors (Lipinski definition) is 2. The Labute approximate surface area is 160 Å². The molecule has 1 amide bonds. The summed E-state index contributed by atoms with van der Waals surface area (Å²) < 4.78 is 1.80. The number of aryl methyl sites for hydroxylation is 1. The van der Waals surface area contributed by atoms with E-state index in [1.807, 2.05) is 13.1 Å². The Bertz CT molecular complexity index is 907. The first-order chi connectivity index (χ1) is 12.5. The lowest BCUT2D eigenvalue weighted by Crippen LogP contribution is -2.32. The number of aromatic nitrogens is 2. The molecule has 2 aliphatic heterocycles. The summed E-state index contributed by atoms with van der Waals surface area (Å²) in [5.41, 5.74) is 3.38. The van der Waals surface area contributed by atoms with Gasteiger partial charge in [0, 0.05) is 50.8 Å². The zero-order chi connectivity index (χ0) is 18.3. The summed E-state index contributed by atoms with van der Waals surface area (Å²) in [6.07, 6.45) is 1.51. The molecule has 0 fully saturated rings. The van der Waals surface area contributed by atoms with Gasteiger partial charge in [-0.05, 0) is 18.2 Å². The second kappa shape index (κ2) is 6.90. The highest BCUT2D eigenvalue weighted by Crippen LogP contribution is 2.28. The van der Waals surface area contributed by atoms with Crippen LogP contribution in [0.3, 0.4) is 0 Å². The molecule has 136 valence electrons. The number of amides is 1. The molecule has 1 aromatic carbocycles. The van der Waals surface area contributed by atoms with E-state index < -0.39 is 0 Å². The van der Waals surface area contributed by atoms with Crippen LogP contribution >= 0.6 is 23.2 Å². The van der Waals surface area contributed by atoms with Crippen LogP contribution in [0.1, 0.15) is 28.2 Å². The SMILES string of the molecule is Cn1nc(C(=O)NC2=NN(c3ccc(Cl)c(Cl)c3)CC2)c2c1CCNC2. The summed E-state index contributed by atoms with van der Waals surface area (Å²) in [5.74, 6) is 0.393. The van der Waals surface area contributed by atoms with Crippen molar-refractivity contribution >= 4 is 40.6 Å². The molecule has 3 heterocycles. The molecule has 0 saturated heterocycles. The molecule has 0 aliphatic carbocycles. The largest absolute Gasteiger partial charge is 0.312 e. The van der Waals surface area contributed by atoms with Crippen molar-refractivity contribution in [3.05, 3.63) is 45.2 Å². The Morgan fingerprint density at radius 1 is 1.27 bits per heavy atom. The Hall–Kier alpha value is -2.09. The Morgan fingerprint density at radius 2 is 2.12 bits per heavy atom. The lowest BCUT2D eigenvalue weighted by molar-refractivity contribution is 0.0970. The molecule has 0 unspecified atom stereocenters. The predicted octanol–water partition coefficient (Wildman–Crippen LogP) is 2.33. The van der Waals surface area contributed by atoms with Gasteiger partial charge in [-0.2, -0.15) is 10.2 Å². The maximum atomic E-state index is 12.7. The number of hydrazone groups is 1. The number of carbonyl (C=O) groups is 1. The van der Waals surface area contributed by atoms with Crippen LogP contribution in [-0.4, -0.2) is 34.6 Å². The molecule has 26 heavy (non-hydrogen) atoms. The fourth-order valence-corrected chi connectivity index (χ4v) is 3.56. The quantitative estimate of drug-likeness (QED) is 0.822. The fourth-order valence-electron chi connectivity index (χ4n) is 3.27. The number of hydrogen-bond acceptors (Lipinski definition) is 5. The molecule has 2 aromatic rings. The first-order valence-corrected chi connectivity index (χ1v) is 9.15. The molecular weight excluding hydrogens is 375 g/mol. The number of fused-ring (bicyclic) bond motifs is 1. The van der Waals surface area contributed by atoms with Crippen molar-refractivity contribution in [2.45, 2.75) is 19.4 Å². The summed E-state index contributed by atoms with van der Waals surface area (Å²) in [6, 6.07) is 5.35. The zero-order valence-electron chi connectivity index (χ0n) is 14.2. The average Bonchev–Trinajstić information content (AvgIpc) is 3.23. The standard InChI is InChI=1S/C17H18Cl2N6O/c1-24-14-4-6-20-9-11(14)16(23-24)17(26)21-15-5-7-25(22-15)10-2-3-12(18)13(19)8-10/h2-3,8,20H,4-7,9H2,1H3,(H,21,22,26). The van der Waals surface area contributed by atoms with Crippen LogP contribution < -0.4 is 15.6 Å². The van der Waals surface area contributed by atoms with Crippen LogP contribution in [0.2, 0.25) is 10.0 Å². The van der Waals surface area contributed by atoms with Gasteiger partial charge in [0.25, 0.3) is 5.91 Å². The highest BCUT2D eigenvalue weighted by atomic mass is 35.5. The summed E-state index contributed by atoms with van der Waals surface area (Å²) in [5, 5.41) is 17.8. The van der Waals surface area contributed by atoms with Gasteiger partial charge in [-0.1, -0.05) is 23.2 Å². The van der Waals surface area contributed by atoms with Crippen molar-refractivity contribution in [2.24, 2.45) is 12.1 Å². The number of amidine groups is 1. The van der Waals surface area contributed by atoms with Gasteiger partial charge in [-0.15, -0.1) is 0 Å². The number of anilines is 1. The first kappa shape index (κ1) is 17.3. The Kier molecular flexibility index (Phi) is 4.60. The molecule has 9 heteroatoms. The van der Waals surface area contributed by atoms with Crippen molar-refractivity contribution in [3.63, 3.8) is 0 Å². The smallest absolute Gasteiger partial charge is 0.277 e. The van der Waals surface area contributed by atoms with Crippen LogP contribution in [0, 0.1) is 0 Å². The van der Waals surface area contributed by atoms with Crippen LogP contribution in [0.5, 0.6) is 0 Å². The van der Waals surface area contributed by atoms with Gasteiger partial charge >= 0.3 is 0 Å². The molecule has 2 N–H and O–H groups in total. The third-order valence-electron chi connectivity index (χ3n) is 4.59. The minimum Gasteiger partial charge on any atom is -0.312 e. The minimum atomic E-state index is -0.222. The molecule has 0 saturated carbocycles. The second-order valence-electron chi connectivity index (χ2n) is 6.30. The third-order valence-corrected chi connectivity index (χ3v) is 5.33. The van der Waals surface area contributed by atoms with E-state index >= 15 is 0 Å². The van der Waals surface area contributed by atoms with Crippen molar-refractivity contribution < 1.29 is 4.79 Å². The van der Waals surface area contributed by atoms with Crippen LogP contribution in [-0.2, 0) is 20.0 Å². The van der Waals surface area contributed by atoms with Gasteiger partial charge < -0.3 is 10.6 Å². The predicted molar refractivity (Wildman–Crippen MR) is 102 cm³/mol. The molecule has 4 rings (SSSR count). The highest BCUT2D eigenvalue weighted by Gasteiger charge is 2.26. The molecule has 0 radical (unpaired) electrons. The van der Waals surface area contributed by atoms with E-state index in [0.717, 1.165) is 29.9 Å². The lowest BCUT2D eigenvalue weighted by atomic mass is 10.1. The lowest BCUT2D eigenvalue weighted by Gasteiger charge is -2.14. The minimum absolute atomic E-state index is 0.222. The number of nitrogens with one attached hydrogen (secondary N) is 2. The van der Waals surface area contributed by atoms with Crippen molar-refractivity contribution in [1.82, 2.24) is 20.4 Å². The normalized spacial score (nSPS) is 16.4. The molecular formula is C17H18Cl2N6O. The van der Waals surface area contributed by atoms with Gasteiger partial charge in [0.1, 0.15) is 5.84 Å². The summed E-state index contributed by atoms with van der Waals surface area (Å²) in [4.78, 5) is 12.7. The van der Waals surface area contributed by atoms with Gasteiger partial charge in [-0.25, -0.2) is 0 Å². The zero-order valence-corrected chi connectivity index (χ0v) is 15.7. The van der Waals surface area contributed by atoms with E-state index in [0.29, 0.717) is 41.1 Å². The van der Waals surface area contributed by atoms with Crippen LogP contribution in [0.25, 0.3) is 0 Å². The Balaban J connectivity index is 1.51. The number of nitrogens with zero attached hydrogens (tertiary/aromatic N) is 4. The molecule has 0 spiro atoms. The molecule has 1 aromatic heterocycles. The number of rotatable bonds is 2. The number of benzene rings is 1. The number of halogens is 2. The van der Waals surface area contributed by atoms with Crippen LogP contribution in [0.4, 0.5) is 5.69 Å². The first-order valence-electron chi connectivity index (χ1n) is 8.40. The highest BCUT2D eigenvalue weighted by molar-refractivity contribution is 6.42. The number of carbonyl (C=O) groups excluding carboxylic acids is 1. The molecule has 0 bridgehead atoms. The molecule has 0 atom stereocenters.